The second kappa shape index (κ2) is 5.72. The number of rotatable bonds is 2. The molecule has 0 spiro atoms. The van der Waals surface area contributed by atoms with Crippen LogP contribution in [0.15, 0.2) is 24.3 Å². The van der Waals surface area contributed by atoms with Crippen LogP contribution in [0, 0.1) is 6.92 Å². The lowest BCUT2D eigenvalue weighted by Crippen LogP contribution is -3.12. The average Bonchev–Trinajstić information content (AvgIpc) is 2.82. The van der Waals surface area contributed by atoms with E-state index in [9.17, 15) is 0 Å². The summed E-state index contributed by atoms with van der Waals surface area (Å²) in [6, 6.07) is 7.94. The van der Waals surface area contributed by atoms with E-state index >= 15 is 0 Å². The lowest BCUT2D eigenvalue weighted by Gasteiger charge is -2.29. The largest absolute Gasteiger partial charge is 0.337 e. The molecule has 1 aromatic heterocycles. The van der Waals surface area contributed by atoms with Crippen molar-refractivity contribution >= 4 is 28.1 Å². The lowest BCUT2D eigenvalue weighted by molar-refractivity contribution is -0.880. The highest BCUT2D eigenvalue weighted by Crippen LogP contribution is 2.32. The number of aromatic nitrogens is 1. The van der Waals surface area contributed by atoms with Gasteiger partial charge < -0.3 is 9.80 Å². The molecule has 0 amide bonds. The Morgan fingerprint density at radius 2 is 1.85 bits per heavy atom. The second-order valence-electron chi connectivity index (χ2n) is 5.35. The van der Waals surface area contributed by atoms with Crippen molar-refractivity contribution in [1.29, 1.82) is 0 Å². The molecule has 1 fully saturated rings. The Bertz CT molecular complexity index is 586. The van der Waals surface area contributed by atoms with Gasteiger partial charge >= 0.3 is 0 Å². The minimum atomic E-state index is 0.767. The molecule has 0 radical (unpaired) electrons. The standard InChI is InChI=1S/C15H18ClN3S/c1-11-14(12-3-5-13(16)6-4-12)17-15(20-11)19-9-7-18(2)8-10-19/h3-6H,7-10H2,1-2H3/p+1. The molecular weight excluding hydrogens is 290 g/mol. The van der Waals surface area contributed by atoms with Gasteiger partial charge in [-0.3, -0.25) is 0 Å². The number of aryl methyl sites for hydroxylation is 1. The lowest BCUT2D eigenvalue weighted by atomic mass is 10.1. The Labute approximate surface area is 128 Å². The molecule has 1 N–H and O–H groups in total. The summed E-state index contributed by atoms with van der Waals surface area (Å²) in [5.41, 5.74) is 2.24. The minimum absolute atomic E-state index is 0.767. The summed E-state index contributed by atoms with van der Waals surface area (Å²) in [5, 5.41) is 1.92. The van der Waals surface area contributed by atoms with Gasteiger partial charge in [-0.15, -0.1) is 11.3 Å². The molecule has 20 heavy (non-hydrogen) atoms. The van der Waals surface area contributed by atoms with Gasteiger partial charge in [-0.1, -0.05) is 23.7 Å². The van der Waals surface area contributed by atoms with Crippen molar-refractivity contribution in [2.45, 2.75) is 6.92 Å². The van der Waals surface area contributed by atoms with Crippen LogP contribution in [0.2, 0.25) is 5.02 Å². The van der Waals surface area contributed by atoms with Crippen LogP contribution in [0.4, 0.5) is 5.13 Å². The van der Waals surface area contributed by atoms with E-state index in [1.54, 1.807) is 16.2 Å². The minimum Gasteiger partial charge on any atom is -0.337 e. The molecule has 0 unspecified atom stereocenters. The Morgan fingerprint density at radius 1 is 1.20 bits per heavy atom. The molecule has 3 rings (SSSR count). The number of nitrogens with zero attached hydrogens (tertiary/aromatic N) is 2. The first-order valence-corrected chi connectivity index (χ1v) is 8.12. The van der Waals surface area contributed by atoms with E-state index in [4.69, 9.17) is 16.6 Å². The first kappa shape index (κ1) is 13.9. The Morgan fingerprint density at radius 3 is 2.50 bits per heavy atom. The van der Waals surface area contributed by atoms with Crippen LogP contribution in [0.25, 0.3) is 11.3 Å². The highest BCUT2D eigenvalue weighted by Gasteiger charge is 2.21. The fourth-order valence-electron chi connectivity index (χ4n) is 2.47. The maximum absolute atomic E-state index is 5.95. The molecule has 0 saturated carbocycles. The number of anilines is 1. The smallest absolute Gasteiger partial charge is 0.186 e. The SMILES string of the molecule is Cc1sc(N2CC[NH+](C)CC2)nc1-c1ccc(Cl)cc1. The van der Waals surface area contributed by atoms with Crippen molar-refractivity contribution in [3.8, 4) is 11.3 Å². The van der Waals surface area contributed by atoms with Gasteiger partial charge in [-0.25, -0.2) is 4.98 Å². The van der Waals surface area contributed by atoms with Gasteiger partial charge in [-0.2, -0.15) is 0 Å². The molecule has 1 aliphatic heterocycles. The molecule has 0 atom stereocenters. The molecule has 2 aromatic rings. The van der Waals surface area contributed by atoms with Crippen molar-refractivity contribution in [2.75, 3.05) is 38.1 Å². The van der Waals surface area contributed by atoms with E-state index in [0.717, 1.165) is 34.5 Å². The van der Waals surface area contributed by atoms with Gasteiger partial charge in [0.25, 0.3) is 0 Å². The summed E-state index contributed by atoms with van der Waals surface area (Å²) in [6.07, 6.45) is 0. The van der Waals surface area contributed by atoms with Crippen LogP contribution in [0.5, 0.6) is 0 Å². The van der Waals surface area contributed by atoms with Crippen molar-refractivity contribution < 1.29 is 4.90 Å². The van der Waals surface area contributed by atoms with Crippen LogP contribution in [-0.2, 0) is 0 Å². The highest BCUT2D eigenvalue weighted by atomic mass is 35.5. The number of halogens is 1. The average molecular weight is 309 g/mol. The van der Waals surface area contributed by atoms with E-state index in [2.05, 4.69) is 18.9 Å². The molecule has 1 aromatic carbocycles. The highest BCUT2D eigenvalue weighted by molar-refractivity contribution is 7.16. The number of thiazole rings is 1. The van der Waals surface area contributed by atoms with Crippen molar-refractivity contribution in [2.24, 2.45) is 0 Å². The molecule has 106 valence electrons. The normalized spacial score (nSPS) is 16.6. The molecular formula is C15H19ClN3S+. The number of hydrogen-bond donors (Lipinski definition) is 1. The van der Waals surface area contributed by atoms with Crippen LogP contribution in [0.3, 0.4) is 0 Å². The number of piperazine rings is 1. The topological polar surface area (TPSA) is 20.6 Å². The number of nitrogens with one attached hydrogen (secondary N) is 1. The zero-order chi connectivity index (χ0) is 14.1. The van der Waals surface area contributed by atoms with Crippen LogP contribution >= 0.6 is 22.9 Å². The Hall–Kier alpha value is -1.10. The van der Waals surface area contributed by atoms with Crippen LogP contribution in [0.1, 0.15) is 4.88 Å². The van der Waals surface area contributed by atoms with Crippen LogP contribution < -0.4 is 9.80 Å². The summed E-state index contributed by atoms with van der Waals surface area (Å²) in [7, 11) is 2.25. The van der Waals surface area contributed by atoms with Crippen molar-refractivity contribution in [1.82, 2.24) is 4.98 Å². The summed E-state index contributed by atoms with van der Waals surface area (Å²) < 4.78 is 0. The molecule has 0 bridgehead atoms. The first-order chi connectivity index (χ1) is 9.63. The maximum Gasteiger partial charge on any atom is 0.186 e. The van der Waals surface area contributed by atoms with E-state index in [0.29, 0.717) is 0 Å². The zero-order valence-electron chi connectivity index (χ0n) is 11.8. The predicted octanol–water partition coefficient (Wildman–Crippen LogP) is 2.11. The molecule has 5 heteroatoms. The van der Waals surface area contributed by atoms with Crippen molar-refractivity contribution in [3.05, 3.63) is 34.2 Å². The number of benzene rings is 1. The summed E-state index contributed by atoms with van der Waals surface area (Å²) in [4.78, 5) is 10.1. The molecule has 0 aliphatic carbocycles. The van der Waals surface area contributed by atoms with E-state index in [-0.39, 0.29) is 0 Å². The first-order valence-electron chi connectivity index (χ1n) is 6.93. The Kier molecular flexibility index (Phi) is 3.96. The summed E-state index contributed by atoms with van der Waals surface area (Å²) in [6.45, 7) is 6.72. The fourth-order valence-corrected chi connectivity index (χ4v) is 3.58. The maximum atomic E-state index is 5.95. The zero-order valence-corrected chi connectivity index (χ0v) is 13.4. The summed E-state index contributed by atoms with van der Waals surface area (Å²) >= 11 is 7.74. The number of likely N-dealkylation sites (N-methyl/N-ethyl adjacent to an activating group) is 1. The van der Waals surface area contributed by atoms with Gasteiger partial charge in [0, 0.05) is 15.5 Å². The van der Waals surface area contributed by atoms with Gasteiger partial charge in [0.1, 0.15) is 0 Å². The fraction of sp³-hybridized carbons (Fsp3) is 0.400. The number of quaternary nitrogens is 1. The predicted molar refractivity (Wildman–Crippen MR) is 86.1 cm³/mol. The quantitative estimate of drug-likeness (QED) is 0.917. The Balaban J connectivity index is 1.85. The van der Waals surface area contributed by atoms with E-state index < -0.39 is 0 Å². The van der Waals surface area contributed by atoms with Gasteiger partial charge in [0.05, 0.1) is 38.9 Å². The third kappa shape index (κ3) is 2.82. The van der Waals surface area contributed by atoms with Crippen LogP contribution in [-0.4, -0.2) is 38.2 Å². The van der Waals surface area contributed by atoms with Gasteiger partial charge in [-0.05, 0) is 19.1 Å². The molecule has 3 nitrogen and oxygen atoms in total. The monoisotopic (exact) mass is 308 g/mol. The third-order valence-electron chi connectivity index (χ3n) is 3.79. The third-order valence-corrected chi connectivity index (χ3v) is 5.07. The molecule has 1 saturated heterocycles. The van der Waals surface area contributed by atoms with Gasteiger partial charge in [0.2, 0.25) is 0 Å². The summed E-state index contributed by atoms with van der Waals surface area (Å²) in [5.74, 6) is 0. The number of hydrogen-bond acceptors (Lipinski definition) is 3. The van der Waals surface area contributed by atoms with E-state index in [1.807, 2.05) is 24.3 Å². The molecule has 2 heterocycles. The molecule has 1 aliphatic rings. The van der Waals surface area contributed by atoms with E-state index in [1.165, 1.54) is 18.0 Å². The van der Waals surface area contributed by atoms with Gasteiger partial charge in [0.15, 0.2) is 5.13 Å². The van der Waals surface area contributed by atoms with Crippen molar-refractivity contribution in [3.63, 3.8) is 0 Å². The second-order valence-corrected chi connectivity index (χ2v) is 6.97.